The van der Waals surface area contributed by atoms with Gasteiger partial charge in [0.05, 0.1) is 19.4 Å². The van der Waals surface area contributed by atoms with Crippen LogP contribution in [0.1, 0.15) is 29.3 Å². The first-order valence-corrected chi connectivity index (χ1v) is 7.57. The van der Waals surface area contributed by atoms with Crippen molar-refractivity contribution in [2.45, 2.75) is 33.5 Å². The van der Waals surface area contributed by atoms with Gasteiger partial charge in [-0.25, -0.2) is 0 Å². The molecule has 0 bridgehead atoms. The Morgan fingerprint density at radius 3 is 2.68 bits per heavy atom. The van der Waals surface area contributed by atoms with Gasteiger partial charge in [0.1, 0.15) is 5.75 Å². The van der Waals surface area contributed by atoms with Gasteiger partial charge < -0.3 is 14.8 Å². The van der Waals surface area contributed by atoms with Crippen LogP contribution in [0.15, 0.2) is 24.4 Å². The lowest BCUT2D eigenvalue weighted by Gasteiger charge is -2.11. The smallest absolute Gasteiger partial charge is 0.124 e. The maximum absolute atomic E-state index is 5.50. The van der Waals surface area contributed by atoms with Crippen LogP contribution in [0.2, 0.25) is 0 Å². The predicted octanol–water partition coefficient (Wildman–Crippen LogP) is 2.56. The molecule has 0 fully saturated rings. The quantitative estimate of drug-likeness (QED) is 0.814. The van der Waals surface area contributed by atoms with Crippen LogP contribution in [0, 0.1) is 6.92 Å². The molecule has 0 atom stereocenters. The summed E-state index contributed by atoms with van der Waals surface area (Å²) in [6.45, 7) is 6.92. The monoisotopic (exact) mass is 303 g/mol. The van der Waals surface area contributed by atoms with Crippen molar-refractivity contribution in [3.8, 4) is 5.75 Å². The summed E-state index contributed by atoms with van der Waals surface area (Å²) in [6, 6.07) is 6.22. The van der Waals surface area contributed by atoms with Gasteiger partial charge in [-0.1, -0.05) is 6.07 Å². The summed E-state index contributed by atoms with van der Waals surface area (Å²) in [5.41, 5.74) is 4.60. The molecule has 1 heterocycles. The first-order chi connectivity index (χ1) is 10.6. The second kappa shape index (κ2) is 7.96. The van der Waals surface area contributed by atoms with Crippen LogP contribution < -0.4 is 10.1 Å². The van der Waals surface area contributed by atoms with Crippen molar-refractivity contribution in [3.63, 3.8) is 0 Å². The van der Waals surface area contributed by atoms with Crippen molar-refractivity contribution >= 4 is 0 Å². The van der Waals surface area contributed by atoms with E-state index in [9.17, 15) is 0 Å². The summed E-state index contributed by atoms with van der Waals surface area (Å²) >= 11 is 0. The van der Waals surface area contributed by atoms with Crippen LogP contribution in [-0.2, 0) is 31.5 Å². The van der Waals surface area contributed by atoms with Gasteiger partial charge in [0.15, 0.2) is 0 Å². The zero-order chi connectivity index (χ0) is 15.9. The van der Waals surface area contributed by atoms with Crippen LogP contribution in [0.4, 0.5) is 0 Å². The molecule has 0 spiro atoms. The van der Waals surface area contributed by atoms with Gasteiger partial charge in [0.25, 0.3) is 0 Å². The zero-order valence-electron chi connectivity index (χ0n) is 13.8. The zero-order valence-corrected chi connectivity index (χ0v) is 13.8. The summed E-state index contributed by atoms with van der Waals surface area (Å²) in [5.74, 6) is 0.875. The first kappa shape index (κ1) is 16.5. The second-order valence-corrected chi connectivity index (χ2v) is 5.30. The molecule has 0 aliphatic carbocycles. The average Bonchev–Trinajstić information content (AvgIpc) is 2.83. The average molecular weight is 303 g/mol. The number of nitrogens with one attached hydrogen (secondary N) is 1. The number of rotatable bonds is 8. The van der Waals surface area contributed by atoms with E-state index in [1.165, 1.54) is 11.1 Å². The lowest BCUT2D eigenvalue weighted by molar-refractivity contribution is 0.132. The summed E-state index contributed by atoms with van der Waals surface area (Å²) in [5, 5.41) is 7.81. The van der Waals surface area contributed by atoms with E-state index >= 15 is 0 Å². The second-order valence-electron chi connectivity index (χ2n) is 5.30. The van der Waals surface area contributed by atoms with Crippen molar-refractivity contribution < 1.29 is 9.47 Å². The highest BCUT2D eigenvalue weighted by Gasteiger charge is 2.06. The Morgan fingerprint density at radius 1 is 1.23 bits per heavy atom. The molecule has 2 aromatic rings. The Bertz CT molecular complexity index is 608. The predicted molar refractivity (Wildman–Crippen MR) is 86.8 cm³/mol. The Hall–Kier alpha value is -1.85. The summed E-state index contributed by atoms with van der Waals surface area (Å²) in [7, 11) is 3.63. The van der Waals surface area contributed by atoms with Crippen LogP contribution in [0.25, 0.3) is 0 Å². The lowest BCUT2D eigenvalue weighted by atomic mass is 10.1. The molecule has 1 aromatic heterocycles. The third-order valence-electron chi connectivity index (χ3n) is 3.57. The molecule has 22 heavy (non-hydrogen) atoms. The van der Waals surface area contributed by atoms with E-state index in [2.05, 4.69) is 28.7 Å². The Kier molecular flexibility index (Phi) is 5.98. The highest BCUT2D eigenvalue weighted by molar-refractivity contribution is 5.37. The van der Waals surface area contributed by atoms with Gasteiger partial charge in [-0.2, -0.15) is 5.10 Å². The number of ether oxygens (including phenoxy) is 2. The van der Waals surface area contributed by atoms with E-state index in [0.29, 0.717) is 13.2 Å². The maximum atomic E-state index is 5.50. The molecular weight excluding hydrogens is 278 g/mol. The van der Waals surface area contributed by atoms with Crippen LogP contribution in [0.5, 0.6) is 5.75 Å². The number of aryl methyl sites for hydroxylation is 2. The number of nitrogens with zero attached hydrogens (tertiary/aromatic N) is 2. The van der Waals surface area contributed by atoms with E-state index in [-0.39, 0.29) is 0 Å². The van der Waals surface area contributed by atoms with Gasteiger partial charge in [0, 0.05) is 44.1 Å². The number of benzene rings is 1. The topological polar surface area (TPSA) is 48.3 Å². The molecule has 0 unspecified atom stereocenters. The van der Waals surface area contributed by atoms with Crippen molar-refractivity contribution in [3.05, 3.63) is 46.8 Å². The van der Waals surface area contributed by atoms with Crippen LogP contribution in [0.3, 0.4) is 0 Å². The minimum Gasteiger partial charge on any atom is -0.496 e. The third-order valence-corrected chi connectivity index (χ3v) is 3.57. The molecule has 0 radical (unpaired) electrons. The molecule has 0 aliphatic rings. The summed E-state index contributed by atoms with van der Waals surface area (Å²) in [6.07, 6.45) is 2.05. The molecule has 5 heteroatoms. The first-order valence-electron chi connectivity index (χ1n) is 7.57. The molecule has 0 amide bonds. The maximum Gasteiger partial charge on any atom is 0.124 e. The van der Waals surface area contributed by atoms with Gasteiger partial charge in [-0.3, -0.25) is 4.68 Å². The molecule has 1 aromatic carbocycles. The molecule has 0 aliphatic heterocycles. The molecule has 0 saturated carbocycles. The van der Waals surface area contributed by atoms with E-state index in [0.717, 1.165) is 30.1 Å². The Labute approximate surface area is 132 Å². The van der Waals surface area contributed by atoms with Crippen molar-refractivity contribution in [2.24, 2.45) is 7.05 Å². The van der Waals surface area contributed by atoms with Gasteiger partial charge in [-0.15, -0.1) is 0 Å². The standard InChI is InChI=1S/C17H25N3O2/c1-5-22-12-15-8-14(6-7-17(15)21-4)9-18-10-16-11-20(3)19-13(16)2/h6-8,11,18H,5,9-10,12H2,1-4H3. The fourth-order valence-corrected chi connectivity index (χ4v) is 2.43. The number of hydrogen-bond acceptors (Lipinski definition) is 4. The van der Waals surface area contributed by atoms with E-state index in [4.69, 9.17) is 9.47 Å². The molecule has 1 N–H and O–H groups in total. The minimum atomic E-state index is 0.579. The van der Waals surface area contributed by atoms with Gasteiger partial charge in [-0.05, 0) is 31.5 Å². The van der Waals surface area contributed by atoms with Crippen molar-refractivity contribution in [2.75, 3.05) is 13.7 Å². The van der Waals surface area contributed by atoms with E-state index in [1.807, 2.05) is 31.6 Å². The summed E-state index contributed by atoms with van der Waals surface area (Å²) < 4.78 is 12.7. The molecular formula is C17H25N3O2. The molecule has 0 saturated heterocycles. The highest BCUT2D eigenvalue weighted by Crippen LogP contribution is 2.21. The number of aromatic nitrogens is 2. The van der Waals surface area contributed by atoms with E-state index in [1.54, 1.807) is 7.11 Å². The van der Waals surface area contributed by atoms with Crippen LogP contribution in [-0.4, -0.2) is 23.5 Å². The fraction of sp³-hybridized carbons (Fsp3) is 0.471. The molecule has 5 nitrogen and oxygen atoms in total. The minimum absolute atomic E-state index is 0.579. The fourth-order valence-electron chi connectivity index (χ4n) is 2.43. The SMILES string of the molecule is CCOCc1cc(CNCc2cn(C)nc2C)ccc1OC. The van der Waals surface area contributed by atoms with Crippen molar-refractivity contribution in [1.82, 2.24) is 15.1 Å². The largest absolute Gasteiger partial charge is 0.496 e. The molecule has 120 valence electrons. The third kappa shape index (κ3) is 4.32. The number of hydrogen-bond donors (Lipinski definition) is 1. The van der Waals surface area contributed by atoms with Crippen molar-refractivity contribution in [1.29, 1.82) is 0 Å². The number of methoxy groups -OCH3 is 1. The van der Waals surface area contributed by atoms with E-state index < -0.39 is 0 Å². The van der Waals surface area contributed by atoms with Gasteiger partial charge in [0.2, 0.25) is 0 Å². The molecule has 2 rings (SSSR count). The Morgan fingerprint density at radius 2 is 2.05 bits per heavy atom. The van der Waals surface area contributed by atoms with Crippen LogP contribution >= 0.6 is 0 Å². The Balaban J connectivity index is 1.96. The lowest BCUT2D eigenvalue weighted by Crippen LogP contribution is -2.13. The highest BCUT2D eigenvalue weighted by atomic mass is 16.5. The summed E-state index contributed by atoms with van der Waals surface area (Å²) in [4.78, 5) is 0. The normalized spacial score (nSPS) is 10.9. The van der Waals surface area contributed by atoms with Gasteiger partial charge >= 0.3 is 0 Å².